The molecule has 1 saturated carbocycles. The zero-order chi connectivity index (χ0) is 16.2. The van der Waals surface area contributed by atoms with Gasteiger partial charge < -0.3 is 5.32 Å². The molecule has 0 radical (unpaired) electrons. The van der Waals surface area contributed by atoms with Crippen LogP contribution in [0.1, 0.15) is 58.9 Å². The molecule has 1 atom stereocenters. The van der Waals surface area contributed by atoms with Gasteiger partial charge in [0.05, 0.1) is 17.4 Å². The number of nitrogens with one attached hydrogen (secondary N) is 1. The van der Waals surface area contributed by atoms with Gasteiger partial charge in [0.2, 0.25) is 11.1 Å². The Morgan fingerprint density at radius 1 is 1.36 bits per heavy atom. The second kappa shape index (κ2) is 7.09. The minimum absolute atomic E-state index is 0.133. The van der Waals surface area contributed by atoms with Gasteiger partial charge in [-0.1, -0.05) is 31.0 Å². The predicted molar refractivity (Wildman–Crippen MR) is 83.1 cm³/mol. The highest BCUT2D eigenvalue weighted by Crippen LogP contribution is 2.29. The van der Waals surface area contributed by atoms with Crippen molar-refractivity contribution in [2.24, 2.45) is 0 Å². The number of hydrogen-bond donors (Lipinski definition) is 1. The van der Waals surface area contributed by atoms with Crippen molar-refractivity contribution in [3.63, 3.8) is 0 Å². The van der Waals surface area contributed by atoms with Crippen LogP contribution < -0.4 is 5.32 Å². The number of thioether (sulfide) groups is 1. The Hall–Kier alpha value is -1.62. The molecule has 1 unspecified atom stereocenters. The van der Waals surface area contributed by atoms with Crippen LogP contribution in [0.25, 0.3) is 0 Å². The van der Waals surface area contributed by atoms with E-state index in [1.165, 1.54) is 11.8 Å². The molecule has 0 bridgehead atoms. The third-order valence-electron chi connectivity index (χ3n) is 3.89. The number of nitrogens with zero attached hydrogens (tertiary/aromatic N) is 5. The summed E-state index contributed by atoms with van der Waals surface area (Å²) in [6.07, 6.45) is 4.57. The van der Waals surface area contributed by atoms with Gasteiger partial charge in [-0.3, -0.25) is 4.79 Å². The number of aromatic nitrogens is 4. The number of carbonyl (C=O) groups is 1. The summed E-state index contributed by atoms with van der Waals surface area (Å²) in [4.78, 5) is 12.4. The molecule has 0 saturated heterocycles. The Morgan fingerprint density at radius 2 is 2.05 bits per heavy atom. The van der Waals surface area contributed by atoms with Crippen LogP contribution in [0.3, 0.4) is 0 Å². The van der Waals surface area contributed by atoms with E-state index in [-0.39, 0.29) is 17.2 Å². The van der Waals surface area contributed by atoms with Gasteiger partial charge in [-0.15, -0.1) is 5.10 Å². The molecule has 1 N–H and O–H groups in total. The van der Waals surface area contributed by atoms with E-state index < -0.39 is 5.54 Å². The molecule has 8 heteroatoms. The number of hydrogen-bond acceptors (Lipinski definition) is 6. The van der Waals surface area contributed by atoms with E-state index in [0.717, 1.165) is 32.1 Å². The quantitative estimate of drug-likeness (QED) is 0.834. The van der Waals surface area contributed by atoms with Gasteiger partial charge in [0.1, 0.15) is 5.54 Å². The van der Waals surface area contributed by atoms with Crippen molar-refractivity contribution < 1.29 is 4.79 Å². The van der Waals surface area contributed by atoms with Gasteiger partial charge in [0.15, 0.2) is 0 Å². The minimum atomic E-state index is -0.700. The Morgan fingerprint density at radius 3 is 2.64 bits per heavy atom. The van der Waals surface area contributed by atoms with Gasteiger partial charge in [-0.2, -0.15) is 5.26 Å². The smallest absolute Gasteiger partial charge is 0.234 e. The number of carbonyl (C=O) groups excluding carboxylic acids is 1. The molecule has 22 heavy (non-hydrogen) atoms. The third-order valence-corrected chi connectivity index (χ3v) is 4.93. The Labute approximate surface area is 134 Å². The molecule has 0 spiro atoms. The number of rotatable bonds is 5. The van der Waals surface area contributed by atoms with Crippen LogP contribution in [0.2, 0.25) is 0 Å². The largest absolute Gasteiger partial charge is 0.337 e. The average molecular weight is 322 g/mol. The van der Waals surface area contributed by atoms with Crippen molar-refractivity contribution in [3.8, 4) is 6.07 Å². The Kier molecular flexibility index (Phi) is 5.40. The lowest BCUT2D eigenvalue weighted by Crippen LogP contribution is -2.51. The van der Waals surface area contributed by atoms with Gasteiger partial charge in [-0.05, 0) is 44.0 Å². The van der Waals surface area contributed by atoms with E-state index in [1.54, 1.807) is 4.68 Å². The predicted octanol–water partition coefficient (Wildman–Crippen LogP) is 2.08. The summed E-state index contributed by atoms with van der Waals surface area (Å²) in [5, 5.41) is 24.2. The maximum absolute atomic E-state index is 12.4. The summed E-state index contributed by atoms with van der Waals surface area (Å²) in [5.41, 5.74) is -0.700. The van der Waals surface area contributed by atoms with Crippen molar-refractivity contribution in [3.05, 3.63) is 0 Å². The lowest BCUT2D eigenvalue weighted by atomic mass is 9.83. The lowest BCUT2D eigenvalue weighted by Gasteiger charge is -2.32. The number of nitriles is 1. The second-order valence-electron chi connectivity index (χ2n) is 6.00. The molecular weight excluding hydrogens is 300 g/mol. The van der Waals surface area contributed by atoms with Crippen molar-refractivity contribution in [1.29, 1.82) is 5.26 Å². The van der Waals surface area contributed by atoms with Crippen LogP contribution in [0.4, 0.5) is 0 Å². The summed E-state index contributed by atoms with van der Waals surface area (Å²) < 4.78 is 1.69. The van der Waals surface area contributed by atoms with Gasteiger partial charge >= 0.3 is 0 Å². The molecule has 120 valence electrons. The van der Waals surface area contributed by atoms with Crippen molar-refractivity contribution >= 4 is 17.7 Å². The molecule has 1 aliphatic carbocycles. The maximum atomic E-state index is 12.4. The third kappa shape index (κ3) is 3.77. The van der Waals surface area contributed by atoms with Crippen molar-refractivity contribution in [2.75, 3.05) is 0 Å². The van der Waals surface area contributed by atoms with Crippen LogP contribution in [-0.4, -0.2) is 36.9 Å². The normalized spacial score (nSPS) is 18.7. The average Bonchev–Trinajstić information content (AvgIpc) is 2.96. The molecule has 0 aliphatic heterocycles. The SMILES string of the molecule is CC(Sc1nnnn1C(C)C)C(=O)NC1(C#N)CCCCC1. The van der Waals surface area contributed by atoms with Crippen LogP contribution in [0.15, 0.2) is 5.16 Å². The van der Waals surface area contributed by atoms with Gasteiger partial charge in [0, 0.05) is 0 Å². The van der Waals surface area contributed by atoms with E-state index in [1.807, 2.05) is 20.8 Å². The fraction of sp³-hybridized carbons (Fsp3) is 0.786. The molecule has 1 fully saturated rings. The highest BCUT2D eigenvalue weighted by Gasteiger charge is 2.35. The molecule has 1 aromatic heterocycles. The zero-order valence-corrected chi connectivity index (χ0v) is 14.1. The molecule has 1 amide bonds. The summed E-state index contributed by atoms with van der Waals surface area (Å²) in [7, 11) is 0. The lowest BCUT2D eigenvalue weighted by molar-refractivity contribution is -0.121. The number of tetrazole rings is 1. The molecule has 1 aromatic rings. The fourth-order valence-electron chi connectivity index (χ4n) is 2.56. The molecule has 2 rings (SSSR count). The van der Waals surface area contributed by atoms with E-state index in [9.17, 15) is 10.1 Å². The number of amides is 1. The van der Waals surface area contributed by atoms with Gasteiger partial charge in [0.25, 0.3) is 0 Å². The van der Waals surface area contributed by atoms with E-state index in [0.29, 0.717) is 5.16 Å². The fourth-order valence-corrected chi connectivity index (χ4v) is 3.48. The minimum Gasteiger partial charge on any atom is -0.337 e. The second-order valence-corrected chi connectivity index (χ2v) is 7.31. The molecule has 1 aliphatic rings. The first-order valence-electron chi connectivity index (χ1n) is 7.65. The standard InChI is InChI=1S/C14H22N6OS/c1-10(2)20-13(17-18-19-20)22-11(3)12(21)16-14(9-15)7-5-4-6-8-14/h10-11H,4-8H2,1-3H3,(H,16,21). The summed E-state index contributed by atoms with van der Waals surface area (Å²) >= 11 is 1.32. The van der Waals surface area contributed by atoms with Crippen molar-refractivity contribution in [1.82, 2.24) is 25.5 Å². The monoisotopic (exact) mass is 322 g/mol. The van der Waals surface area contributed by atoms with Crippen LogP contribution in [-0.2, 0) is 4.79 Å². The Balaban J connectivity index is 2.00. The maximum Gasteiger partial charge on any atom is 0.234 e. The first-order valence-corrected chi connectivity index (χ1v) is 8.53. The summed E-state index contributed by atoms with van der Waals surface area (Å²) in [5.74, 6) is -0.133. The Bertz CT molecular complexity index is 558. The molecule has 0 aromatic carbocycles. The molecule has 7 nitrogen and oxygen atoms in total. The van der Waals surface area contributed by atoms with Crippen molar-refractivity contribution in [2.45, 2.75) is 74.9 Å². The van der Waals surface area contributed by atoms with E-state index in [4.69, 9.17) is 0 Å². The summed E-state index contributed by atoms with van der Waals surface area (Å²) in [6.45, 7) is 5.78. The molecular formula is C14H22N6OS. The first-order chi connectivity index (χ1) is 10.5. The van der Waals surface area contributed by atoms with Gasteiger partial charge in [-0.25, -0.2) is 4.68 Å². The van der Waals surface area contributed by atoms with Crippen LogP contribution in [0, 0.1) is 11.3 Å². The van der Waals surface area contributed by atoms with E-state index in [2.05, 4.69) is 26.9 Å². The molecule has 1 heterocycles. The van der Waals surface area contributed by atoms with Crippen LogP contribution >= 0.6 is 11.8 Å². The zero-order valence-electron chi connectivity index (χ0n) is 13.2. The highest BCUT2D eigenvalue weighted by molar-refractivity contribution is 8.00. The topological polar surface area (TPSA) is 96.5 Å². The van der Waals surface area contributed by atoms with Crippen LogP contribution in [0.5, 0.6) is 0 Å². The van der Waals surface area contributed by atoms with E-state index >= 15 is 0 Å². The first kappa shape index (κ1) is 16.7. The highest BCUT2D eigenvalue weighted by atomic mass is 32.2. The summed E-state index contributed by atoms with van der Waals surface area (Å²) in [6, 6.07) is 2.44.